The molecule has 5 aromatic rings. The largest absolute Gasteiger partial charge is 0.493 e. The highest BCUT2D eigenvalue weighted by Crippen LogP contribution is 2.36. The molecule has 0 radical (unpaired) electrons. The third-order valence-electron chi connectivity index (χ3n) is 7.15. The third kappa shape index (κ3) is 6.73. The number of urea groups is 1. The molecule has 1 aliphatic rings. The van der Waals surface area contributed by atoms with E-state index < -0.39 is 17.7 Å². The van der Waals surface area contributed by atoms with E-state index in [0.717, 1.165) is 48.2 Å². The van der Waals surface area contributed by atoms with Gasteiger partial charge in [0.2, 0.25) is 0 Å². The van der Waals surface area contributed by atoms with Crippen LogP contribution < -0.4 is 30.7 Å². The highest BCUT2D eigenvalue weighted by atomic mass is 32.1. The summed E-state index contributed by atoms with van der Waals surface area (Å²) in [6.07, 6.45) is 4.79. The van der Waals surface area contributed by atoms with Gasteiger partial charge in [0.15, 0.2) is 16.6 Å². The summed E-state index contributed by atoms with van der Waals surface area (Å²) in [5.41, 5.74) is 1.76. The van der Waals surface area contributed by atoms with Gasteiger partial charge in [0.1, 0.15) is 23.8 Å². The van der Waals surface area contributed by atoms with Gasteiger partial charge in [-0.05, 0) is 74.7 Å². The lowest BCUT2D eigenvalue weighted by Crippen LogP contribution is -2.20. The normalized spacial score (nSPS) is 14.6. The summed E-state index contributed by atoms with van der Waals surface area (Å²) in [4.78, 5) is 25.9. The topological polar surface area (TPSA) is 122 Å². The van der Waals surface area contributed by atoms with Crippen LogP contribution in [0.15, 0.2) is 54.9 Å². The van der Waals surface area contributed by atoms with E-state index in [4.69, 9.17) is 9.47 Å². The molecule has 0 saturated carbocycles. The minimum atomic E-state index is -0.866. The Labute approximate surface area is 249 Å². The van der Waals surface area contributed by atoms with Crippen LogP contribution in [0.25, 0.3) is 21.1 Å². The van der Waals surface area contributed by atoms with E-state index in [9.17, 15) is 13.6 Å². The number of nitrogens with zero attached hydrogens (tertiary/aromatic N) is 3. The molecule has 222 valence electrons. The zero-order chi connectivity index (χ0) is 29.8. The fraction of sp³-hybridized carbons (Fsp3) is 0.267. The molecule has 0 bridgehead atoms. The lowest BCUT2D eigenvalue weighted by atomic mass is 10.0. The van der Waals surface area contributed by atoms with E-state index in [1.165, 1.54) is 24.1 Å². The number of hydrogen-bond donors (Lipinski definition) is 4. The SMILES string of the molecule is COc1cc2c(Nc3nc4ccc(NC(=O)Nc5ccc(F)cc5F)cc4s3)ncnc2cc1OCCCC1CCNC1. The number of rotatable bonds is 10. The highest BCUT2D eigenvalue weighted by Gasteiger charge is 2.16. The minimum Gasteiger partial charge on any atom is -0.493 e. The number of thiazole rings is 1. The number of anilines is 4. The summed E-state index contributed by atoms with van der Waals surface area (Å²) in [6, 6.07) is 11.2. The molecule has 1 saturated heterocycles. The standard InChI is InChI=1S/C30H29F2N7O3S/c1-41-25-13-20-24(14-26(25)42-10-2-3-17-8-9-33-15-17)34-16-35-28(20)39-30-38-23-7-5-19(12-27(23)43-30)36-29(40)37-22-6-4-18(31)11-21(22)32/h4-7,11-14,16-17,33H,2-3,8-10,15H2,1H3,(H2,36,37,40)(H,34,35,38,39). The number of hydrogen-bond acceptors (Lipinski definition) is 9. The zero-order valence-electron chi connectivity index (χ0n) is 23.2. The quantitative estimate of drug-likeness (QED) is 0.130. The van der Waals surface area contributed by atoms with Crippen molar-refractivity contribution in [1.29, 1.82) is 0 Å². The summed E-state index contributed by atoms with van der Waals surface area (Å²) >= 11 is 1.37. The minimum absolute atomic E-state index is 0.131. The molecule has 0 aliphatic carbocycles. The molecule has 1 fully saturated rings. The predicted octanol–water partition coefficient (Wildman–Crippen LogP) is 6.68. The van der Waals surface area contributed by atoms with Crippen LogP contribution in [0, 0.1) is 17.6 Å². The van der Waals surface area contributed by atoms with Crippen LogP contribution in [0.5, 0.6) is 11.5 Å². The van der Waals surface area contributed by atoms with Gasteiger partial charge in [-0.2, -0.15) is 0 Å². The molecule has 1 aliphatic heterocycles. The van der Waals surface area contributed by atoms with Gasteiger partial charge in [-0.1, -0.05) is 11.3 Å². The van der Waals surface area contributed by atoms with Crippen LogP contribution in [0.2, 0.25) is 0 Å². The molecule has 43 heavy (non-hydrogen) atoms. The molecule has 4 N–H and O–H groups in total. The smallest absolute Gasteiger partial charge is 0.323 e. The number of aromatic nitrogens is 3. The lowest BCUT2D eigenvalue weighted by Gasteiger charge is -2.14. The molecule has 3 heterocycles. The molecule has 6 rings (SSSR count). The van der Waals surface area contributed by atoms with E-state index >= 15 is 0 Å². The Kier molecular flexibility index (Phi) is 8.43. The molecule has 0 spiro atoms. The molecule has 13 heteroatoms. The van der Waals surface area contributed by atoms with Gasteiger partial charge >= 0.3 is 6.03 Å². The average molecular weight is 606 g/mol. The monoisotopic (exact) mass is 605 g/mol. The average Bonchev–Trinajstić information content (AvgIpc) is 3.66. The first kappa shape index (κ1) is 28.5. The van der Waals surface area contributed by atoms with Crippen LogP contribution in [0.4, 0.5) is 35.9 Å². The van der Waals surface area contributed by atoms with Gasteiger partial charge in [0.25, 0.3) is 0 Å². The Morgan fingerprint density at radius 3 is 2.79 bits per heavy atom. The maximum atomic E-state index is 13.9. The number of nitrogens with one attached hydrogen (secondary N) is 4. The van der Waals surface area contributed by atoms with Crippen LogP contribution in [-0.4, -0.2) is 47.8 Å². The Morgan fingerprint density at radius 2 is 1.98 bits per heavy atom. The van der Waals surface area contributed by atoms with Crippen LogP contribution in [0.1, 0.15) is 19.3 Å². The van der Waals surface area contributed by atoms with Crippen LogP contribution in [-0.2, 0) is 0 Å². The zero-order valence-corrected chi connectivity index (χ0v) is 24.1. The first-order valence-electron chi connectivity index (χ1n) is 13.8. The van der Waals surface area contributed by atoms with E-state index in [0.29, 0.717) is 57.8 Å². The van der Waals surface area contributed by atoms with E-state index in [1.54, 1.807) is 25.3 Å². The van der Waals surface area contributed by atoms with Crippen LogP contribution in [0.3, 0.4) is 0 Å². The lowest BCUT2D eigenvalue weighted by molar-refractivity contribution is 0.262. The second kappa shape index (κ2) is 12.7. The van der Waals surface area contributed by atoms with Crippen molar-refractivity contribution >= 4 is 60.8 Å². The van der Waals surface area contributed by atoms with Gasteiger partial charge in [0, 0.05) is 23.2 Å². The Bertz CT molecular complexity index is 1780. The molecule has 10 nitrogen and oxygen atoms in total. The van der Waals surface area contributed by atoms with Crippen molar-refractivity contribution < 1.29 is 23.0 Å². The molecule has 3 aromatic carbocycles. The number of carbonyl (C=O) groups excluding carboxylic acids is 1. The summed E-state index contributed by atoms with van der Waals surface area (Å²) in [7, 11) is 1.60. The number of benzene rings is 3. The number of fused-ring (bicyclic) bond motifs is 2. The van der Waals surface area contributed by atoms with E-state index in [2.05, 4.69) is 36.2 Å². The Balaban J connectivity index is 1.14. The number of methoxy groups -OCH3 is 1. The van der Waals surface area contributed by atoms with E-state index in [-0.39, 0.29) is 5.69 Å². The fourth-order valence-electron chi connectivity index (χ4n) is 4.98. The Hall–Kier alpha value is -4.62. The van der Waals surface area contributed by atoms with Crippen molar-refractivity contribution in [2.24, 2.45) is 5.92 Å². The molecule has 1 unspecified atom stereocenters. The third-order valence-corrected chi connectivity index (χ3v) is 8.08. The van der Waals surface area contributed by atoms with Crippen molar-refractivity contribution in [2.75, 3.05) is 42.8 Å². The summed E-state index contributed by atoms with van der Waals surface area (Å²) in [6.45, 7) is 2.77. The van der Waals surface area contributed by atoms with Gasteiger partial charge in [-0.15, -0.1) is 0 Å². The molecular formula is C30H29F2N7O3S. The van der Waals surface area contributed by atoms with Crippen molar-refractivity contribution in [3.05, 3.63) is 66.5 Å². The van der Waals surface area contributed by atoms with Crippen LogP contribution >= 0.6 is 11.3 Å². The van der Waals surface area contributed by atoms with Gasteiger partial charge in [-0.3, -0.25) is 0 Å². The summed E-state index contributed by atoms with van der Waals surface area (Å²) < 4.78 is 39.5. The van der Waals surface area contributed by atoms with Crippen molar-refractivity contribution in [2.45, 2.75) is 19.3 Å². The molecule has 2 aromatic heterocycles. The maximum absolute atomic E-state index is 13.9. The van der Waals surface area contributed by atoms with Gasteiger partial charge in [0.05, 0.1) is 35.1 Å². The van der Waals surface area contributed by atoms with Crippen molar-refractivity contribution in [1.82, 2.24) is 20.3 Å². The van der Waals surface area contributed by atoms with Crippen molar-refractivity contribution in [3.8, 4) is 11.5 Å². The molecular weight excluding hydrogens is 576 g/mol. The Morgan fingerprint density at radius 1 is 1.07 bits per heavy atom. The first-order chi connectivity index (χ1) is 20.9. The number of carbonyl (C=O) groups is 1. The summed E-state index contributed by atoms with van der Waals surface area (Å²) in [5, 5.41) is 13.0. The van der Waals surface area contributed by atoms with E-state index in [1.807, 2.05) is 12.1 Å². The molecule has 2 amide bonds. The second-order valence-corrected chi connectivity index (χ2v) is 11.2. The number of halogens is 2. The fourth-order valence-corrected chi connectivity index (χ4v) is 5.89. The van der Waals surface area contributed by atoms with Gasteiger partial charge in [-0.25, -0.2) is 28.5 Å². The van der Waals surface area contributed by atoms with Crippen molar-refractivity contribution in [3.63, 3.8) is 0 Å². The maximum Gasteiger partial charge on any atom is 0.323 e. The first-order valence-corrected chi connectivity index (χ1v) is 14.6. The number of amides is 2. The number of ether oxygens (including phenoxy) is 2. The summed E-state index contributed by atoms with van der Waals surface area (Å²) in [5.74, 6) is 0.903. The molecule has 1 atom stereocenters. The second-order valence-electron chi connectivity index (χ2n) is 10.1. The highest BCUT2D eigenvalue weighted by molar-refractivity contribution is 7.22. The predicted molar refractivity (Wildman–Crippen MR) is 164 cm³/mol. The van der Waals surface area contributed by atoms with Gasteiger partial charge < -0.3 is 30.7 Å².